The molecule has 0 amide bonds. The maximum atomic E-state index is 11.6. The Hall–Kier alpha value is -2.60. The van der Waals surface area contributed by atoms with E-state index in [2.05, 4.69) is 0 Å². The highest BCUT2D eigenvalue weighted by atomic mass is 35.5. The van der Waals surface area contributed by atoms with E-state index >= 15 is 0 Å². The van der Waals surface area contributed by atoms with Crippen LogP contribution in [0, 0.1) is 6.92 Å². The number of rotatable bonds is 3. The van der Waals surface area contributed by atoms with Gasteiger partial charge in [-0.05, 0) is 54.4 Å². The maximum Gasteiger partial charge on any atom is 0.238 e. The fraction of sp³-hybridized carbons (Fsp3) is 0.0909. The Morgan fingerprint density at radius 2 is 1.71 bits per heavy atom. The van der Waals surface area contributed by atoms with Crippen molar-refractivity contribution in [2.75, 3.05) is 0 Å². The molecule has 4 rings (SSSR count). The number of primary sulfonamides is 1. The van der Waals surface area contributed by atoms with Crippen LogP contribution < -0.4 is 9.88 Å². The van der Waals surface area contributed by atoms with E-state index in [4.69, 9.17) is 21.5 Å². The molecule has 4 nitrogen and oxygen atoms in total. The number of para-hydroxylation sites is 1. The van der Waals surface area contributed by atoms with E-state index in [9.17, 15) is 8.42 Å². The van der Waals surface area contributed by atoms with Crippen LogP contribution >= 0.6 is 11.6 Å². The lowest BCUT2D eigenvalue weighted by Gasteiger charge is -2.25. The molecule has 3 aromatic carbocycles. The van der Waals surface area contributed by atoms with E-state index < -0.39 is 10.0 Å². The van der Waals surface area contributed by atoms with Crippen molar-refractivity contribution in [1.82, 2.24) is 0 Å². The number of hydrogen-bond acceptors (Lipinski definition) is 3. The largest absolute Gasteiger partial charge is 0.456 e. The van der Waals surface area contributed by atoms with Gasteiger partial charge in [0, 0.05) is 28.1 Å². The minimum Gasteiger partial charge on any atom is -0.456 e. The minimum atomic E-state index is -3.75. The van der Waals surface area contributed by atoms with Gasteiger partial charge in [-0.1, -0.05) is 41.9 Å². The van der Waals surface area contributed by atoms with E-state index in [-0.39, 0.29) is 4.90 Å². The van der Waals surface area contributed by atoms with Crippen LogP contribution in [0.1, 0.15) is 22.3 Å². The Morgan fingerprint density at radius 3 is 2.39 bits per heavy atom. The van der Waals surface area contributed by atoms with Gasteiger partial charge in [0.1, 0.15) is 11.5 Å². The summed E-state index contributed by atoms with van der Waals surface area (Å²) in [5.74, 6) is 1.44. The molecule has 0 spiro atoms. The van der Waals surface area contributed by atoms with Gasteiger partial charge in [0.25, 0.3) is 0 Å². The summed E-state index contributed by atoms with van der Waals surface area (Å²) >= 11 is 6.54. The standard InChI is InChI=1S/C22H18ClNO3S/c1-14-6-11-18(20(23)12-14)19-13-16-4-2-3-5-21(16)27-22(19)15-7-9-17(10-8-15)28(24,25)26/h2-12H,13H2,1H3,(H2,24,25,26). The molecule has 142 valence electrons. The molecule has 0 bridgehead atoms. The molecule has 1 heterocycles. The van der Waals surface area contributed by atoms with Gasteiger partial charge < -0.3 is 4.74 Å². The molecular weight excluding hydrogens is 394 g/mol. The van der Waals surface area contributed by atoms with Crippen molar-refractivity contribution in [3.8, 4) is 5.75 Å². The summed E-state index contributed by atoms with van der Waals surface area (Å²) < 4.78 is 29.4. The molecule has 3 aromatic rings. The molecule has 0 aromatic heterocycles. The highest BCUT2D eigenvalue weighted by Gasteiger charge is 2.24. The third-order valence-corrected chi connectivity index (χ3v) is 5.96. The van der Waals surface area contributed by atoms with Crippen LogP contribution in [0.2, 0.25) is 5.02 Å². The van der Waals surface area contributed by atoms with Crippen molar-refractivity contribution in [3.63, 3.8) is 0 Å². The normalized spacial score (nSPS) is 13.8. The first-order chi connectivity index (χ1) is 13.3. The lowest BCUT2D eigenvalue weighted by Crippen LogP contribution is -2.13. The van der Waals surface area contributed by atoms with Crippen LogP contribution in [0.15, 0.2) is 71.6 Å². The average Bonchev–Trinajstić information content (AvgIpc) is 2.66. The van der Waals surface area contributed by atoms with Crippen molar-refractivity contribution >= 4 is 33.0 Å². The number of sulfonamides is 1. The van der Waals surface area contributed by atoms with Gasteiger partial charge in [-0.15, -0.1) is 0 Å². The van der Waals surface area contributed by atoms with Crippen LogP contribution in [0.5, 0.6) is 5.75 Å². The minimum absolute atomic E-state index is 0.0583. The van der Waals surface area contributed by atoms with Crippen LogP contribution in [0.4, 0.5) is 0 Å². The number of allylic oxidation sites excluding steroid dienone is 1. The number of fused-ring (bicyclic) bond motifs is 1. The van der Waals surface area contributed by atoms with Gasteiger partial charge in [-0.25, -0.2) is 13.6 Å². The number of hydrogen-bond donors (Lipinski definition) is 1. The van der Waals surface area contributed by atoms with E-state index in [1.54, 1.807) is 12.1 Å². The topological polar surface area (TPSA) is 69.4 Å². The fourth-order valence-corrected chi connectivity index (χ4v) is 4.17. The Balaban J connectivity index is 1.89. The SMILES string of the molecule is Cc1ccc(C2=C(c3ccc(S(N)(=O)=O)cc3)Oc3ccccc3C2)c(Cl)c1. The summed E-state index contributed by atoms with van der Waals surface area (Å²) in [5, 5.41) is 5.86. The molecule has 2 N–H and O–H groups in total. The Morgan fingerprint density at radius 1 is 1.00 bits per heavy atom. The molecule has 0 aliphatic carbocycles. The molecule has 0 fully saturated rings. The molecular formula is C22H18ClNO3S. The quantitative estimate of drug-likeness (QED) is 0.673. The van der Waals surface area contributed by atoms with Crippen molar-refractivity contribution in [2.45, 2.75) is 18.2 Å². The van der Waals surface area contributed by atoms with Crippen LogP contribution in [0.3, 0.4) is 0 Å². The van der Waals surface area contributed by atoms with E-state index in [0.717, 1.165) is 33.6 Å². The van der Waals surface area contributed by atoms with Crippen LogP contribution in [-0.4, -0.2) is 8.42 Å². The molecule has 0 saturated carbocycles. The number of nitrogens with two attached hydrogens (primary N) is 1. The molecule has 28 heavy (non-hydrogen) atoms. The summed E-state index contributed by atoms with van der Waals surface area (Å²) in [6, 6.07) is 20.1. The predicted molar refractivity (Wildman–Crippen MR) is 112 cm³/mol. The molecule has 0 unspecified atom stereocenters. The first kappa shape index (κ1) is 18.7. The summed E-state index contributed by atoms with van der Waals surface area (Å²) in [6.07, 6.45) is 0.658. The zero-order valence-electron chi connectivity index (χ0n) is 15.1. The smallest absolute Gasteiger partial charge is 0.238 e. The Labute approximate surface area is 169 Å². The summed E-state index contributed by atoms with van der Waals surface area (Å²) in [4.78, 5) is 0.0583. The maximum absolute atomic E-state index is 11.6. The molecule has 0 atom stereocenters. The van der Waals surface area contributed by atoms with Gasteiger partial charge in [0.15, 0.2) is 0 Å². The molecule has 0 radical (unpaired) electrons. The first-order valence-electron chi connectivity index (χ1n) is 8.71. The summed E-state index contributed by atoms with van der Waals surface area (Å²) in [5.41, 5.74) is 4.75. The lowest BCUT2D eigenvalue weighted by atomic mass is 9.91. The van der Waals surface area contributed by atoms with Crippen LogP contribution in [0.25, 0.3) is 11.3 Å². The monoisotopic (exact) mass is 411 g/mol. The molecule has 6 heteroatoms. The number of aryl methyl sites for hydroxylation is 1. The molecule has 0 saturated heterocycles. The second-order valence-corrected chi connectivity index (χ2v) is 8.72. The van der Waals surface area contributed by atoms with Gasteiger partial charge in [0.2, 0.25) is 10.0 Å². The van der Waals surface area contributed by atoms with Crippen molar-refractivity contribution < 1.29 is 13.2 Å². The number of halogens is 1. The van der Waals surface area contributed by atoms with E-state index in [1.165, 1.54) is 12.1 Å². The zero-order valence-corrected chi connectivity index (χ0v) is 16.7. The van der Waals surface area contributed by atoms with Gasteiger partial charge in [0.05, 0.1) is 4.90 Å². The highest BCUT2D eigenvalue weighted by Crippen LogP contribution is 2.41. The van der Waals surface area contributed by atoms with Gasteiger partial charge >= 0.3 is 0 Å². The second-order valence-electron chi connectivity index (χ2n) is 6.75. The van der Waals surface area contributed by atoms with Gasteiger partial charge in [-0.2, -0.15) is 0 Å². The Kier molecular flexibility index (Phi) is 4.75. The van der Waals surface area contributed by atoms with Crippen LogP contribution in [-0.2, 0) is 16.4 Å². The summed E-state index contributed by atoms with van der Waals surface area (Å²) in [7, 11) is -3.75. The highest BCUT2D eigenvalue weighted by molar-refractivity contribution is 7.89. The first-order valence-corrected chi connectivity index (χ1v) is 10.6. The molecule has 1 aliphatic heterocycles. The van der Waals surface area contributed by atoms with E-state index in [1.807, 2.05) is 49.4 Å². The Bertz CT molecular complexity index is 1200. The summed E-state index contributed by atoms with van der Waals surface area (Å²) in [6.45, 7) is 1.99. The number of benzene rings is 3. The third-order valence-electron chi connectivity index (χ3n) is 4.72. The third kappa shape index (κ3) is 3.56. The second kappa shape index (κ2) is 7.09. The predicted octanol–water partition coefficient (Wildman–Crippen LogP) is 4.80. The fourth-order valence-electron chi connectivity index (χ4n) is 3.30. The average molecular weight is 412 g/mol. The van der Waals surface area contributed by atoms with E-state index in [0.29, 0.717) is 17.2 Å². The van der Waals surface area contributed by atoms with Crippen molar-refractivity contribution in [1.29, 1.82) is 0 Å². The number of ether oxygens (including phenoxy) is 1. The van der Waals surface area contributed by atoms with Crippen molar-refractivity contribution in [3.05, 3.63) is 94.0 Å². The van der Waals surface area contributed by atoms with Gasteiger partial charge in [-0.3, -0.25) is 0 Å². The molecule has 1 aliphatic rings. The zero-order chi connectivity index (χ0) is 19.9. The lowest BCUT2D eigenvalue weighted by molar-refractivity contribution is 0.502. The van der Waals surface area contributed by atoms with Crippen molar-refractivity contribution in [2.24, 2.45) is 5.14 Å².